The summed E-state index contributed by atoms with van der Waals surface area (Å²) < 4.78 is 0. The Balaban J connectivity index is 2.27. The SMILES string of the molecule is C#CCNCCN1CC=C(C(C)(C)C)CC1. The van der Waals surface area contributed by atoms with Gasteiger partial charge in [-0.15, -0.1) is 6.42 Å². The summed E-state index contributed by atoms with van der Waals surface area (Å²) in [6.07, 6.45) is 8.78. The van der Waals surface area contributed by atoms with E-state index in [0.717, 1.165) is 19.6 Å². The maximum Gasteiger partial charge on any atom is 0.0574 e. The molecule has 0 unspecified atom stereocenters. The summed E-state index contributed by atoms with van der Waals surface area (Å²) in [4.78, 5) is 2.47. The highest BCUT2D eigenvalue weighted by molar-refractivity contribution is 5.14. The Kier molecular flexibility index (Phi) is 5.05. The number of rotatable bonds is 4. The topological polar surface area (TPSA) is 15.3 Å². The quantitative estimate of drug-likeness (QED) is 0.442. The van der Waals surface area contributed by atoms with Crippen LogP contribution in [-0.2, 0) is 0 Å². The van der Waals surface area contributed by atoms with Crippen LogP contribution in [0.25, 0.3) is 0 Å². The van der Waals surface area contributed by atoms with Gasteiger partial charge in [-0.3, -0.25) is 4.90 Å². The second-order valence-corrected chi connectivity index (χ2v) is 5.41. The van der Waals surface area contributed by atoms with Gasteiger partial charge in [0, 0.05) is 26.2 Å². The van der Waals surface area contributed by atoms with E-state index >= 15 is 0 Å². The molecule has 90 valence electrons. The van der Waals surface area contributed by atoms with E-state index in [2.05, 4.69) is 43.0 Å². The average Bonchev–Trinajstić information content (AvgIpc) is 2.24. The highest BCUT2D eigenvalue weighted by Gasteiger charge is 2.20. The van der Waals surface area contributed by atoms with Crippen molar-refractivity contribution in [2.75, 3.05) is 32.7 Å². The molecule has 0 amide bonds. The van der Waals surface area contributed by atoms with Gasteiger partial charge in [0.25, 0.3) is 0 Å². The smallest absolute Gasteiger partial charge is 0.0574 e. The number of nitrogens with zero attached hydrogens (tertiary/aromatic N) is 1. The predicted molar refractivity (Wildman–Crippen MR) is 70.3 cm³/mol. The van der Waals surface area contributed by atoms with E-state index in [1.807, 2.05) is 0 Å². The molecule has 1 aliphatic rings. The molecule has 0 atom stereocenters. The zero-order chi connectivity index (χ0) is 12.0. The molecule has 0 saturated heterocycles. The molecule has 0 saturated carbocycles. The molecule has 1 N–H and O–H groups in total. The number of nitrogens with one attached hydrogen (secondary N) is 1. The fraction of sp³-hybridized carbons (Fsp3) is 0.714. The van der Waals surface area contributed by atoms with Crippen molar-refractivity contribution in [2.24, 2.45) is 5.41 Å². The van der Waals surface area contributed by atoms with Gasteiger partial charge in [0.1, 0.15) is 0 Å². The van der Waals surface area contributed by atoms with Gasteiger partial charge in [0.2, 0.25) is 0 Å². The average molecular weight is 220 g/mol. The first-order valence-corrected chi connectivity index (χ1v) is 6.10. The van der Waals surface area contributed by atoms with Crippen LogP contribution in [0.4, 0.5) is 0 Å². The lowest BCUT2D eigenvalue weighted by Crippen LogP contribution is -2.36. The van der Waals surface area contributed by atoms with Crippen LogP contribution in [-0.4, -0.2) is 37.6 Å². The van der Waals surface area contributed by atoms with E-state index in [9.17, 15) is 0 Å². The van der Waals surface area contributed by atoms with Crippen molar-refractivity contribution in [2.45, 2.75) is 27.2 Å². The standard InChI is InChI=1S/C14H24N2/c1-5-8-15-9-12-16-10-6-13(7-11-16)14(2,3)4/h1,6,15H,7-12H2,2-4H3. The third-order valence-corrected chi connectivity index (χ3v) is 3.09. The molecular weight excluding hydrogens is 196 g/mol. The minimum atomic E-state index is 0.341. The molecule has 0 spiro atoms. The third kappa shape index (κ3) is 4.38. The molecule has 1 aliphatic heterocycles. The lowest BCUT2D eigenvalue weighted by atomic mass is 9.83. The third-order valence-electron chi connectivity index (χ3n) is 3.09. The highest BCUT2D eigenvalue weighted by Crippen LogP contribution is 2.29. The van der Waals surface area contributed by atoms with Crippen LogP contribution < -0.4 is 5.32 Å². The van der Waals surface area contributed by atoms with E-state index in [4.69, 9.17) is 6.42 Å². The van der Waals surface area contributed by atoms with Crippen molar-refractivity contribution in [1.82, 2.24) is 10.2 Å². The molecule has 16 heavy (non-hydrogen) atoms. The Morgan fingerprint density at radius 3 is 2.75 bits per heavy atom. The molecule has 0 aromatic rings. The van der Waals surface area contributed by atoms with Crippen molar-refractivity contribution in [3.05, 3.63) is 11.6 Å². The number of terminal acetylenes is 1. The van der Waals surface area contributed by atoms with Gasteiger partial charge in [-0.1, -0.05) is 38.3 Å². The summed E-state index contributed by atoms with van der Waals surface area (Å²) in [5.41, 5.74) is 1.94. The van der Waals surface area contributed by atoms with Gasteiger partial charge >= 0.3 is 0 Å². The Labute approximate surface area is 100 Å². The van der Waals surface area contributed by atoms with Gasteiger partial charge in [0.05, 0.1) is 6.54 Å². The zero-order valence-electron chi connectivity index (χ0n) is 10.8. The Bertz CT molecular complexity index is 278. The zero-order valence-corrected chi connectivity index (χ0v) is 10.8. The summed E-state index contributed by atoms with van der Waals surface area (Å²) in [6, 6.07) is 0. The first kappa shape index (κ1) is 13.3. The minimum Gasteiger partial charge on any atom is -0.305 e. The summed E-state index contributed by atoms with van der Waals surface area (Å²) >= 11 is 0. The van der Waals surface area contributed by atoms with Gasteiger partial charge in [-0.25, -0.2) is 0 Å². The number of hydrogen-bond donors (Lipinski definition) is 1. The molecule has 0 aromatic carbocycles. The van der Waals surface area contributed by atoms with Crippen molar-refractivity contribution in [1.29, 1.82) is 0 Å². The maximum atomic E-state index is 5.18. The summed E-state index contributed by atoms with van der Waals surface area (Å²) in [7, 11) is 0. The number of hydrogen-bond acceptors (Lipinski definition) is 2. The van der Waals surface area contributed by atoms with Gasteiger partial charge in [-0.05, 0) is 11.8 Å². The monoisotopic (exact) mass is 220 g/mol. The first-order valence-electron chi connectivity index (χ1n) is 6.10. The van der Waals surface area contributed by atoms with Gasteiger partial charge in [0.15, 0.2) is 0 Å². The lowest BCUT2D eigenvalue weighted by molar-refractivity contribution is 0.279. The molecule has 0 radical (unpaired) electrons. The Morgan fingerprint density at radius 1 is 1.50 bits per heavy atom. The van der Waals surface area contributed by atoms with Crippen molar-refractivity contribution >= 4 is 0 Å². The van der Waals surface area contributed by atoms with Crippen LogP contribution in [0, 0.1) is 17.8 Å². The Morgan fingerprint density at radius 2 is 2.25 bits per heavy atom. The van der Waals surface area contributed by atoms with Crippen LogP contribution in [0.15, 0.2) is 11.6 Å². The molecule has 0 aliphatic carbocycles. The second kappa shape index (κ2) is 6.08. The van der Waals surface area contributed by atoms with Crippen LogP contribution in [0.1, 0.15) is 27.2 Å². The van der Waals surface area contributed by atoms with E-state index in [0.29, 0.717) is 12.0 Å². The summed E-state index contributed by atoms with van der Waals surface area (Å²) in [5.74, 6) is 2.59. The molecule has 1 heterocycles. The maximum absolute atomic E-state index is 5.18. The molecule has 1 rings (SSSR count). The first-order chi connectivity index (χ1) is 7.54. The second-order valence-electron chi connectivity index (χ2n) is 5.41. The van der Waals surface area contributed by atoms with E-state index in [1.54, 1.807) is 5.57 Å². The molecular formula is C14H24N2. The van der Waals surface area contributed by atoms with Crippen LogP contribution >= 0.6 is 0 Å². The van der Waals surface area contributed by atoms with Crippen LogP contribution in [0.2, 0.25) is 0 Å². The summed E-state index contributed by atoms with van der Waals surface area (Å²) in [6.45, 7) is 11.9. The van der Waals surface area contributed by atoms with E-state index in [1.165, 1.54) is 13.0 Å². The van der Waals surface area contributed by atoms with Crippen molar-refractivity contribution in [3.8, 4) is 12.3 Å². The van der Waals surface area contributed by atoms with Gasteiger partial charge in [-0.2, -0.15) is 0 Å². The van der Waals surface area contributed by atoms with Crippen molar-refractivity contribution < 1.29 is 0 Å². The highest BCUT2D eigenvalue weighted by atomic mass is 15.1. The molecule has 0 bridgehead atoms. The lowest BCUT2D eigenvalue weighted by Gasteiger charge is -2.32. The minimum absolute atomic E-state index is 0.341. The normalized spacial score (nSPS) is 18.0. The van der Waals surface area contributed by atoms with Crippen LogP contribution in [0.3, 0.4) is 0 Å². The van der Waals surface area contributed by atoms with E-state index < -0.39 is 0 Å². The summed E-state index contributed by atoms with van der Waals surface area (Å²) in [5, 5.41) is 3.23. The predicted octanol–water partition coefficient (Wildman–Crippen LogP) is 1.89. The fourth-order valence-electron chi connectivity index (χ4n) is 1.99. The molecule has 0 fully saturated rings. The van der Waals surface area contributed by atoms with E-state index in [-0.39, 0.29) is 0 Å². The molecule has 2 nitrogen and oxygen atoms in total. The Hall–Kier alpha value is -0.780. The molecule has 2 heteroatoms. The van der Waals surface area contributed by atoms with Gasteiger partial charge < -0.3 is 5.32 Å². The molecule has 0 aromatic heterocycles. The van der Waals surface area contributed by atoms with Crippen molar-refractivity contribution in [3.63, 3.8) is 0 Å². The fourth-order valence-corrected chi connectivity index (χ4v) is 1.99. The van der Waals surface area contributed by atoms with Crippen LogP contribution in [0.5, 0.6) is 0 Å². The largest absolute Gasteiger partial charge is 0.305 e.